The third-order valence-electron chi connectivity index (χ3n) is 6.17. The van der Waals surface area contributed by atoms with Gasteiger partial charge in [-0.25, -0.2) is 0 Å². The summed E-state index contributed by atoms with van der Waals surface area (Å²) >= 11 is 0. The molecular weight excluding hydrogens is 358 g/mol. The lowest BCUT2D eigenvalue weighted by atomic mass is 9.95. The van der Waals surface area contributed by atoms with Crippen molar-refractivity contribution in [2.45, 2.75) is 69.9 Å². The molecule has 0 spiro atoms. The number of aryl methyl sites for hydroxylation is 1. The van der Waals surface area contributed by atoms with Gasteiger partial charge in [0.2, 0.25) is 5.91 Å². The topological polar surface area (TPSA) is 70.0 Å². The van der Waals surface area contributed by atoms with Crippen molar-refractivity contribution in [2.75, 3.05) is 18.1 Å². The van der Waals surface area contributed by atoms with Gasteiger partial charge < -0.3 is 19.5 Å². The zero-order chi connectivity index (χ0) is 19.6. The van der Waals surface area contributed by atoms with Crippen molar-refractivity contribution in [1.82, 2.24) is 0 Å². The summed E-state index contributed by atoms with van der Waals surface area (Å²) in [4.78, 5) is 24.4. The van der Waals surface area contributed by atoms with Gasteiger partial charge in [-0.15, -0.1) is 0 Å². The first-order chi connectivity index (χ1) is 12.8. The van der Waals surface area contributed by atoms with E-state index in [0.29, 0.717) is 18.8 Å². The number of ether oxygens (including phenoxy) is 1. The van der Waals surface area contributed by atoms with E-state index in [2.05, 4.69) is 19.1 Å². The summed E-state index contributed by atoms with van der Waals surface area (Å²) in [6.07, 6.45) is 4.09. The van der Waals surface area contributed by atoms with Gasteiger partial charge in [0, 0.05) is 30.8 Å². The normalized spacial score (nSPS) is 28.9. The van der Waals surface area contributed by atoms with E-state index in [1.54, 1.807) is 0 Å². The van der Waals surface area contributed by atoms with Crippen LogP contribution in [0.5, 0.6) is 0 Å². The molecule has 0 bridgehead atoms. The van der Waals surface area contributed by atoms with Crippen LogP contribution in [-0.4, -0.2) is 49.5 Å². The van der Waals surface area contributed by atoms with Crippen LogP contribution in [0, 0.1) is 5.92 Å². The first-order valence-corrected chi connectivity index (χ1v) is 13.2. The monoisotopic (exact) mass is 391 g/mol. The van der Waals surface area contributed by atoms with E-state index in [-0.39, 0.29) is 30.3 Å². The van der Waals surface area contributed by atoms with E-state index in [9.17, 15) is 14.7 Å². The van der Waals surface area contributed by atoms with Crippen LogP contribution in [0.3, 0.4) is 0 Å². The number of amides is 1. The molecule has 2 aliphatic rings. The van der Waals surface area contributed by atoms with Gasteiger partial charge in [0.1, 0.15) is 0 Å². The van der Waals surface area contributed by atoms with Gasteiger partial charge >= 0.3 is 0 Å². The molecule has 5 nitrogen and oxygen atoms in total. The quantitative estimate of drug-likeness (QED) is 0.701. The SMILES string of the molecule is C[C@H]1[C@H]([Si](C)(C)O)[C@@H](CCO)O[C@H]1CCc1ccc(N2CCCC2=O)cc1. The lowest BCUT2D eigenvalue weighted by Crippen LogP contribution is -2.40. The van der Waals surface area contributed by atoms with Crippen LogP contribution in [-0.2, 0) is 16.0 Å². The number of rotatable bonds is 7. The molecule has 0 radical (unpaired) electrons. The van der Waals surface area contributed by atoms with Gasteiger partial charge in [0.25, 0.3) is 0 Å². The molecular formula is C21H33NO4Si. The lowest BCUT2D eigenvalue weighted by molar-refractivity contribution is -0.117. The fraction of sp³-hybridized carbons (Fsp3) is 0.667. The Morgan fingerprint density at radius 2 is 1.89 bits per heavy atom. The average molecular weight is 392 g/mol. The summed E-state index contributed by atoms with van der Waals surface area (Å²) in [6, 6.07) is 8.29. The number of hydrogen-bond acceptors (Lipinski definition) is 4. The highest BCUT2D eigenvalue weighted by molar-refractivity contribution is 6.71. The fourth-order valence-corrected chi connectivity index (χ4v) is 7.54. The minimum absolute atomic E-state index is 0.0368. The van der Waals surface area contributed by atoms with Gasteiger partial charge in [0.15, 0.2) is 8.32 Å². The fourth-order valence-electron chi connectivity index (χ4n) is 4.88. The predicted octanol–water partition coefficient (Wildman–Crippen LogP) is 3.10. The maximum atomic E-state index is 11.9. The molecule has 0 aromatic heterocycles. The van der Waals surface area contributed by atoms with Crippen LogP contribution in [0.15, 0.2) is 24.3 Å². The molecule has 2 N–H and O–H groups in total. The molecule has 2 aliphatic heterocycles. The second-order valence-corrected chi connectivity index (χ2v) is 12.6. The Morgan fingerprint density at radius 3 is 2.44 bits per heavy atom. The number of carbonyl (C=O) groups excluding carboxylic acids is 1. The molecule has 1 amide bonds. The molecule has 0 saturated carbocycles. The second-order valence-electron chi connectivity index (χ2n) is 8.62. The van der Waals surface area contributed by atoms with Crippen molar-refractivity contribution in [3.63, 3.8) is 0 Å². The van der Waals surface area contributed by atoms with Gasteiger partial charge in [-0.05, 0) is 62.4 Å². The molecule has 0 unspecified atom stereocenters. The third-order valence-corrected chi connectivity index (χ3v) is 8.70. The van der Waals surface area contributed by atoms with Crippen molar-refractivity contribution < 1.29 is 19.4 Å². The Kier molecular flexibility index (Phi) is 6.41. The van der Waals surface area contributed by atoms with Crippen molar-refractivity contribution in [3.8, 4) is 0 Å². The van der Waals surface area contributed by atoms with Crippen LogP contribution in [0.2, 0.25) is 18.6 Å². The van der Waals surface area contributed by atoms with Gasteiger partial charge in [-0.2, -0.15) is 0 Å². The molecule has 0 aliphatic carbocycles. The standard InChI is InChI=1S/C21H33NO4Si/c1-15-18(26-19(12-14-23)21(15)27(2,3)25)11-8-16-6-9-17(10-7-16)22-13-4-5-20(22)24/h6-7,9-10,15,18-19,21,23,25H,4-5,8,11-14H2,1-3H3/t15-,18+,19-,21+/m1/s1. The van der Waals surface area contributed by atoms with E-state index in [1.807, 2.05) is 30.1 Å². The zero-order valence-corrected chi connectivity index (χ0v) is 17.7. The Labute approximate surface area is 163 Å². The molecule has 3 rings (SSSR count). The molecule has 4 atom stereocenters. The Hall–Kier alpha value is -1.21. The first kappa shape index (κ1) is 20.5. The number of benzene rings is 1. The Bertz CT molecular complexity index is 643. The number of carbonyl (C=O) groups is 1. The minimum Gasteiger partial charge on any atom is -0.432 e. The highest BCUT2D eigenvalue weighted by Gasteiger charge is 2.49. The van der Waals surface area contributed by atoms with Crippen molar-refractivity contribution in [1.29, 1.82) is 0 Å². The molecule has 2 heterocycles. The molecule has 150 valence electrons. The number of aliphatic hydroxyl groups excluding tert-OH is 1. The molecule has 6 heteroatoms. The zero-order valence-electron chi connectivity index (χ0n) is 16.7. The van der Waals surface area contributed by atoms with Crippen molar-refractivity contribution in [2.24, 2.45) is 5.92 Å². The van der Waals surface area contributed by atoms with Crippen LogP contribution in [0.25, 0.3) is 0 Å². The van der Waals surface area contributed by atoms with Crippen LogP contribution >= 0.6 is 0 Å². The molecule has 1 aromatic rings. The highest BCUT2D eigenvalue weighted by Crippen LogP contribution is 2.45. The number of hydrogen-bond donors (Lipinski definition) is 2. The number of aliphatic hydroxyl groups is 1. The van der Waals surface area contributed by atoms with Crippen LogP contribution in [0.4, 0.5) is 5.69 Å². The smallest absolute Gasteiger partial charge is 0.227 e. The minimum atomic E-state index is -2.34. The summed E-state index contributed by atoms with van der Waals surface area (Å²) in [6.45, 7) is 7.05. The van der Waals surface area contributed by atoms with Gasteiger partial charge in [0.05, 0.1) is 12.2 Å². The molecule has 2 fully saturated rings. The summed E-state index contributed by atoms with van der Waals surface area (Å²) in [5.41, 5.74) is 2.39. The van der Waals surface area contributed by atoms with E-state index in [4.69, 9.17) is 4.74 Å². The summed E-state index contributed by atoms with van der Waals surface area (Å²) in [7, 11) is -2.34. The van der Waals surface area contributed by atoms with E-state index in [0.717, 1.165) is 31.5 Å². The third kappa shape index (κ3) is 4.62. The predicted molar refractivity (Wildman–Crippen MR) is 109 cm³/mol. The largest absolute Gasteiger partial charge is 0.432 e. The first-order valence-electron chi connectivity index (χ1n) is 10.2. The maximum absolute atomic E-state index is 11.9. The van der Waals surface area contributed by atoms with E-state index in [1.165, 1.54) is 5.56 Å². The summed E-state index contributed by atoms with van der Waals surface area (Å²) in [5, 5.41) is 9.35. The average Bonchev–Trinajstić information content (AvgIpc) is 3.17. The maximum Gasteiger partial charge on any atom is 0.227 e. The molecule has 2 saturated heterocycles. The molecule has 27 heavy (non-hydrogen) atoms. The van der Waals surface area contributed by atoms with Crippen molar-refractivity contribution >= 4 is 19.9 Å². The van der Waals surface area contributed by atoms with Crippen molar-refractivity contribution in [3.05, 3.63) is 29.8 Å². The van der Waals surface area contributed by atoms with Gasteiger partial charge in [-0.1, -0.05) is 19.1 Å². The van der Waals surface area contributed by atoms with Gasteiger partial charge in [-0.3, -0.25) is 4.79 Å². The summed E-state index contributed by atoms with van der Waals surface area (Å²) in [5.74, 6) is 0.516. The Balaban J connectivity index is 1.60. The molecule has 1 aromatic carbocycles. The lowest BCUT2D eigenvalue weighted by Gasteiger charge is -2.30. The van der Waals surface area contributed by atoms with Crippen LogP contribution < -0.4 is 4.90 Å². The Morgan fingerprint density at radius 1 is 1.19 bits per heavy atom. The van der Waals surface area contributed by atoms with E-state index < -0.39 is 8.32 Å². The van der Waals surface area contributed by atoms with E-state index >= 15 is 0 Å². The second kappa shape index (κ2) is 8.43. The highest BCUT2D eigenvalue weighted by atomic mass is 28.4. The van der Waals surface area contributed by atoms with Crippen LogP contribution in [0.1, 0.15) is 38.2 Å². The number of anilines is 1. The number of nitrogens with zero attached hydrogens (tertiary/aromatic N) is 1. The summed E-state index contributed by atoms with van der Waals surface area (Å²) < 4.78 is 6.26.